The van der Waals surface area contributed by atoms with Crippen LogP contribution in [0.3, 0.4) is 0 Å². The normalized spacial score (nSPS) is 15.8. The monoisotopic (exact) mass is 312 g/mol. The summed E-state index contributed by atoms with van der Waals surface area (Å²) in [6, 6.07) is 6.15. The fraction of sp³-hybridized carbons (Fsp3) is 0.444. The van der Waals surface area contributed by atoms with Crippen molar-refractivity contribution in [2.24, 2.45) is 0 Å². The largest absolute Gasteiger partial charge is 0.463 e. The molecule has 2 aromatic rings. The number of fused-ring (bicyclic) bond motifs is 1. The van der Waals surface area contributed by atoms with Gasteiger partial charge in [-0.25, -0.2) is 0 Å². The van der Waals surface area contributed by atoms with Crippen LogP contribution in [0.1, 0.15) is 55.2 Å². The number of hydrogen-bond donors (Lipinski definition) is 1. The molecule has 0 aliphatic heterocycles. The van der Waals surface area contributed by atoms with Crippen LogP contribution in [0.15, 0.2) is 22.8 Å². The zero-order chi connectivity index (χ0) is 15.4. The molecule has 1 aliphatic carbocycles. The molecule has 0 radical (unpaired) electrons. The molecule has 0 bridgehead atoms. The highest BCUT2D eigenvalue weighted by Gasteiger charge is 2.18. The van der Waals surface area contributed by atoms with Crippen molar-refractivity contribution in [3.05, 3.63) is 39.7 Å². The molecule has 0 fully saturated rings. The molecule has 0 amide bonds. The van der Waals surface area contributed by atoms with E-state index < -0.39 is 0 Å². The van der Waals surface area contributed by atoms with E-state index in [1.165, 1.54) is 31.2 Å². The number of nitrogens with zero attached hydrogens (tertiary/aromatic N) is 1. The van der Waals surface area contributed by atoms with E-state index in [4.69, 9.17) is 16.6 Å². The second-order valence-corrected chi connectivity index (χ2v) is 6.28. The molecular weight excluding hydrogens is 292 g/mol. The quantitative estimate of drug-likeness (QED) is 0.725. The van der Waals surface area contributed by atoms with E-state index in [0.717, 1.165) is 42.7 Å². The van der Waals surface area contributed by atoms with Gasteiger partial charge in [0.2, 0.25) is 0 Å². The van der Waals surface area contributed by atoms with Crippen LogP contribution in [-0.4, -0.2) is 4.98 Å². The minimum atomic E-state index is 0.532. The smallest absolute Gasteiger partial charge is 0.150 e. The molecule has 0 saturated heterocycles. The SMILES string of the molecule is N#Cc1c2c(c(-c3ccco3)[nH]c1=S)CCCCCCCC2. The van der Waals surface area contributed by atoms with Crippen LogP contribution in [0.5, 0.6) is 0 Å². The number of H-pyrrole nitrogens is 1. The Kier molecular flexibility index (Phi) is 4.74. The molecule has 2 aromatic heterocycles. The molecule has 0 aromatic carbocycles. The standard InChI is InChI=1S/C18H20N2OS/c19-12-15-13-8-5-3-1-2-4-6-9-14(13)17(20-18(15)22)16-10-7-11-21-16/h7,10-11H,1-6,8-9H2,(H,20,22). The summed E-state index contributed by atoms with van der Waals surface area (Å²) in [5.74, 6) is 0.809. The van der Waals surface area contributed by atoms with Crippen LogP contribution < -0.4 is 0 Å². The summed E-state index contributed by atoms with van der Waals surface area (Å²) in [6.07, 6.45) is 10.9. The highest BCUT2D eigenvalue weighted by atomic mass is 32.1. The van der Waals surface area contributed by atoms with E-state index in [-0.39, 0.29) is 0 Å². The summed E-state index contributed by atoms with van der Waals surface area (Å²) in [5, 5.41) is 9.52. The molecule has 0 atom stereocenters. The highest BCUT2D eigenvalue weighted by Crippen LogP contribution is 2.31. The molecule has 1 N–H and O–H groups in total. The first-order chi connectivity index (χ1) is 10.8. The molecule has 22 heavy (non-hydrogen) atoms. The Morgan fingerprint density at radius 3 is 2.36 bits per heavy atom. The lowest BCUT2D eigenvalue weighted by atomic mass is 9.90. The Morgan fingerprint density at radius 2 is 1.73 bits per heavy atom. The summed E-state index contributed by atoms with van der Waals surface area (Å²) in [4.78, 5) is 3.24. The Bertz CT molecular complexity index is 738. The number of hydrogen-bond acceptors (Lipinski definition) is 3. The maximum absolute atomic E-state index is 9.52. The van der Waals surface area contributed by atoms with Gasteiger partial charge in [0.1, 0.15) is 16.5 Å². The van der Waals surface area contributed by atoms with Gasteiger partial charge in [-0.1, -0.05) is 37.9 Å². The molecular formula is C18H20N2OS. The van der Waals surface area contributed by atoms with Gasteiger partial charge in [0, 0.05) is 0 Å². The number of nitriles is 1. The first-order valence-electron chi connectivity index (χ1n) is 8.03. The van der Waals surface area contributed by atoms with E-state index in [2.05, 4.69) is 11.1 Å². The van der Waals surface area contributed by atoms with Crippen LogP contribution in [-0.2, 0) is 12.8 Å². The lowest BCUT2D eigenvalue weighted by Gasteiger charge is -2.17. The predicted molar refractivity (Wildman–Crippen MR) is 89.2 cm³/mol. The van der Waals surface area contributed by atoms with E-state index in [9.17, 15) is 5.26 Å². The van der Waals surface area contributed by atoms with Gasteiger partial charge in [-0.15, -0.1) is 0 Å². The third-order valence-electron chi connectivity index (χ3n) is 4.42. The summed E-state index contributed by atoms with van der Waals surface area (Å²) in [7, 11) is 0. The van der Waals surface area contributed by atoms with Gasteiger partial charge in [0.25, 0.3) is 0 Å². The average molecular weight is 312 g/mol. The van der Waals surface area contributed by atoms with Crippen molar-refractivity contribution in [3.63, 3.8) is 0 Å². The van der Waals surface area contributed by atoms with Crippen molar-refractivity contribution in [2.45, 2.75) is 51.4 Å². The molecule has 3 nitrogen and oxygen atoms in total. The van der Waals surface area contributed by atoms with Gasteiger partial charge in [0.05, 0.1) is 17.5 Å². The predicted octanol–water partition coefficient (Wildman–Crippen LogP) is 5.32. The lowest BCUT2D eigenvalue weighted by molar-refractivity contribution is 0.569. The fourth-order valence-corrected chi connectivity index (χ4v) is 3.57. The number of aromatic nitrogens is 1. The second kappa shape index (κ2) is 6.93. The van der Waals surface area contributed by atoms with Crippen LogP contribution in [0.2, 0.25) is 0 Å². The zero-order valence-corrected chi connectivity index (χ0v) is 13.5. The molecule has 1 aliphatic rings. The summed E-state index contributed by atoms with van der Waals surface area (Å²) >= 11 is 5.42. The minimum Gasteiger partial charge on any atom is -0.463 e. The fourth-order valence-electron chi connectivity index (χ4n) is 3.30. The van der Waals surface area contributed by atoms with Crippen LogP contribution in [0.25, 0.3) is 11.5 Å². The molecule has 3 rings (SSSR count). The number of aromatic amines is 1. The Morgan fingerprint density at radius 1 is 1.05 bits per heavy atom. The summed E-state index contributed by atoms with van der Waals surface area (Å²) in [6.45, 7) is 0. The molecule has 0 spiro atoms. The van der Waals surface area contributed by atoms with E-state index in [1.54, 1.807) is 6.26 Å². The average Bonchev–Trinajstić information content (AvgIpc) is 3.06. The molecule has 114 valence electrons. The van der Waals surface area contributed by atoms with Crippen molar-refractivity contribution < 1.29 is 4.42 Å². The Labute approximate surface area is 136 Å². The van der Waals surface area contributed by atoms with Gasteiger partial charge in [-0.05, 0) is 48.9 Å². The molecule has 2 heterocycles. The summed E-state index contributed by atoms with van der Waals surface area (Å²) in [5.41, 5.74) is 3.98. The topological polar surface area (TPSA) is 52.7 Å². The minimum absolute atomic E-state index is 0.532. The van der Waals surface area contributed by atoms with Crippen LogP contribution in [0.4, 0.5) is 0 Å². The van der Waals surface area contributed by atoms with Crippen molar-refractivity contribution >= 4 is 12.2 Å². The van der Waals surface area contributed by atoms with Gasteiger partial charge in [-0.3, -0.25) is 0 Å². The maximum Gasteiger partial charge on any atom is 0.150 e. The third kappa shape index (κ3) is 3.00. The van der Waals surface area contributed by atoms with E-state index in [1.807, 2.05) is 12.1 Å². The zero-order valence-electron chi connectivity index (χ0n) is 12.7. The highest BCUT2D eigenvalue weighted by molar-refractivity contribution is 7.71. The van der Waals surface area contributed by atoms with Gasteiger partial charge < -0.3 is 9.40 Å². The number of nitrogens with one attached hydrogen (secondary N) is 1. The van der Waals surface area contributed by atoms with Crippen molar-refractivity contribution in [3.8, 4) is 17.5 Å². The van der Waals surface area contributed by atoms with Gasteiger partial charge in [-0.2, -0.15) is 5.26 Å². The van der Waals surface area contributed by atoms with Crippen molar-refractivity contribution in [1.29, 1.82) is 5.26 Å². The maximum atomic E-state index is 9.52. The first-order valence-corrected chi connectivity index (χ1v) is 8.44. The third-order valence-corrected chi connectivity index (χ3v) is 4.72. The van der Waals surface area contributed by atoms with Crippen molar-refractivity contribution in [1.82, 2.24) is 4.98 Å². The van der Waals surface area contributed by atoms with E-state index in [0.29, 0.717) is 10.2 Å². The Hall–Kier alpha value is -1.86. The van der Waals surface area contributed by atoms with Gasteiger partial charge >= 0.3 is 0 Å². The molecule has 4 heteroatoms. The number of furan rings is 1. The van der Waals surface area contributed by atoms with Crippen LogP contribution in [0, 0.1) is 16.0 Å². The second-order valence-electron chi connectivity index (χ2n) is 5.87. The Balaban J connectivity index is 2.17. The number of pyridine rings is 1. The van der Waals surface area contributed by atoms with Crippen LogP contribution >= 0.6 is 12.2 Å². The van der Waals surface area contributed by atoms with Crippen molar-refractivity contribution in [2.75, 3.05) is 0 Å². The molecule has 0 saturated carbocycles. The summed E-state index contributed by atoms with van der Waals surface area (Å²) < 4.78 is 6.11. The molecule has 0 unspecified atom stereocenters. The first kappa shape index (κ1) is 15.1. The lowest BCUT2D eigenvalue weighted by Crippen LogP contribution is -2.06. The van der Waals surface area contributed by atoms with Gasteiger partial charge in [0.15, 0.2) is 0 Å². The number of rotatable bonds is 1. The van der Waals surface area contributed by atoms with E-state index >= 15 is 0 Å².